The van der Waals surface area contributed by atoms with E-state index in [-0.39, 0.29) is 11.7 Å². The molecule has 2 aliphatic heterocycles. The van der Waals surface area contributed by atoms with Crippen LogP contribution in [-0.4, -0.2) is 42.2 Å². The van der Waals surface area contributed by atoms with Crippen LogP contribution in [0, 0.1) is 5.82 Å². The highest BCUT2D eigenvalue weighted by molar-refractivity contribution is 8.18. The molecule has 2 aliphatic rings. The van der Waals surface area contributed by atoms with Crippen molar-refractivity contribution in [3.63, 3.8) is 0 Å². The summed E-state index contributed by atoms with van der Waals surface area (Å²) in [6.07, 6.45) is 1.84. The highest BCUT2D eigenvalue weighted by atomic mass is 35.5. The highest BCUT2D eigenvalue weighted by Gasteiger charge is 2.28. The molecule has 7 heteroatoms. The number of thioether (sulfide) groups is 1. The minimum absolute atomic E-state index is 0.203. The van der Waals surface area contributed by atoms with Gasteiger partial charge in [-0.25, -0.2) is 4.39 Å². The SMILES string of the molecule is O=C1N=C(N2CCN(c3ccc(F)cc3)CC2)S/C1=C/c1ccc(Cl)cc1. The number of halogens is 2. The monoisotopic (exact) mass is 401 g/mol. The van der Waals surface area contributed by atoms with Crippen molar-refractivity contribution in [1.82, 2.24) is 4.90 Å². The van der Waals surface area contributed by atoms with E-state index in [1.807, 2.05) is 18.2 Å². The van der Waals surface area contributed by atoms with Crippen LogP contribution in [0.25, 0.3) is 6.08 Å². The lowest BCUT2D eigenvalue weighted by atomic mass is 10.2. The minimum Gasteiger partial charge on any atom is -0.368 e. The summed E-state index contributed by atoms with van der Waals surface area (Å²) in [5.41, 5.74) is 1.93. The maximum Gasteiger partial charge on any atom is 0.286 e. The Hall–Kier alpha value is -2.31. The Bertz CT molecular complexity index is 904. The highest BCUT2D eigenvalue weighted by Crippen LogP contribution is 2.31. The lowest BCUT2D eigenvalue weighted by Gasteiger charge is -2.36. The molecule has 0 aliphatic carbocycles. The van der Waals surface area contributed by atoms with Gasteiger partial charge in [0.15, 0.2) is 5.17 Å². The van der Waals surface area contributed by atoms with Crippen LogP contribution in [0.2, 0.25) is 5.02 Å². The molecule has 0 spiro atoms. The number of anilines is 1. The number of hydrogen-bond donors (Lipinski definition) is 0. The van der Waals surface area contributed by atoms with E-state index >= 15 is 0 Å². The van der Waals surface area contributed by atoms with Crippen LogP contribution < -0.4 is 4.90 Å². The minimum atomic E-state index is -0.229. The molecule has 0 saturated carbocycles. The number of nitrogens with zero attached hydrogens (tertiary/aromatic N) is 3. The van der Waals surface area contributed by atoms with E-state index in [1.165, 1.54) is 23.9 Å². The Kier molecular flexibility index (Phi) is 5.18. The molecule has 0 unspecified atom stereocenters. The predicted molar refractivity (Wildman–Crippen MR) is 110 cm³/mol. The van der Waals surface area contributed by atoms with Crippen molar-refractivity contribution in [1.29, 1.82) is 0 Å². The number of aliphatic imine (C=N–C) groups is 1. The Morgan fingerprint density at radius 3 is 2.26 bits per heavy atom. The Morgan fingerprint density at radius 2 is 1.59 bits per heavy atom. The third-order valence-electron chi connectivity index (χ3n) is 4.52. The van der Waals surface area contributed by atoms with Crippen LogP contribution in [0.3, 0.4) is 0 Å². The number of piperazine rings is 1. The van der Waals surface area contributed by atoms with E-state index in [1.54, 1.807) is 24.3 Å². The van der Waals surface area contributed by atoms with Gasteiger partial charge in [-0.2, -0.15) is 4.99 Å². The van der Waals surface area contributed by atoms with Crippen molar-refractivity contribution in [2.45, 2.75) is 0 Å². The quantitative estimate of drug-likeness (QED) is 0.704. The van der Waals surface area contributed by atoms with E-state index < -0.39 is 0 Å². The molecule has 4 rings (SSSR count). The summed E-state index contributed by atoms with van der Waals surface area (Å²) in [7, 11) is 0. The van der Waals surface area contributed by atoms with Gasteiger partial charge < -0.3 is 9.80 Å². The summed E-state index contributed by atoms with van der Waals surface area (Å²) in [6, 6.07) is 13.9. The van der Waals surface area contributed by atoms with Crippen LogP contribution in [-0.2, 0) is 4.79 Å². The topological polar surface area (TPSA) is 35.9 Å². The van der Waals surface area contributed by atoms with Crippen LogP contribution in [0.5, 0.6) is 0 Å². The van der Waals surface area contributed by atoms with Gasteiger partial charge in [-0.1, -0.05) is 23.7 Å². The molecule has 2 aromatic carbocycles. The number of carbonyl (C=O) groups excluding carboxylic acids is 1. The largest absolute Gasteiger partial charge is 0.368 e. The first-order chi connectivity index (χ1) is 13.1. The first kappa shape index (κ1) is 18.1. The molecular weight excluding hydrogens is 385 g/mol. The summed E-state index contributed by atoms with van der Waals surface area (Å²) in [4.78, 5) is 21.4. The van der Waals surface area contributed by atoms with Gasteiger partial charge in [0.2, 0.25) is 0 Å². The van der Waals surface area contributed by atoms with E-state index in [9.17, 15) is 9.18 Å². The van der Waals surface area contributed by atoms with Gasteiger partial charge in [0.25, 0.3) is 5.91 Å². The zero-order chi connectivity index (χ0) is 18.8. The second-order valence-electron chi connectivity index (χ2n) is 6.31. The Labute approximate surface area is 166 Å². The van der Waals surface area contributed by atoms with Crippen molar-refractivity contribution < 1.29 is 9.18 Å². The third kappa shape index (κ3) is 4.17. The molecule has 0 N–H and O–H groups in total. The van der Waals surface area contributed by atoms with Gasteiger partial charge in [-0.3, -0.25) is 4.79 Å². The van der Waals surface area contributed by atoms with Gasteiger partial charge in [-0.05, 0) is 59.8 Å². The lowest BCUT2D eigenvalue weighted by Crippen LogP contribution is -2.47. The summed E-state index contributed by atoms with van der Waals surface area (Å²) in [5, 5.41) is 1.41. The zero-order valence-electron chi connectivity index (χ0n) is 14.4. The van der Waals surface area contributed by atoms with E-state index in [0.717, 1.165) is 42.6 Å². The third-order valence-corrected chi connectivity index (χ3v) is 5.82. The fourth-order valence-electron chi connectivity index (χ4n) is 3.05. The van der Waals surface area contributed by atoms with Crippen LogP contribution in [0.15, 0.2) is 58.4 Å². The van der Waals surface area contributed by atoms with Gasteiger partial charge in [0, 0.05) is 36.9 Å². The van der Waals surface area contributed by atoms with Gasteiger partial charge in [-0.15, -0.1) is 0 Å². The Balaban J connectivity index is 1.39. The molecule has 1 amide bonds. The number of hydrogen-bond acceptors (Lipinski definition) is 4. The summed E-state index contributed by atoms with van der Waals surface area (Å²) < 4.78 is 13.1. The summed E-state index contributed by atoms with van der Waals surface area (Å²) in [6.45, 7) is 3.14. The fraction of sp³-hybridized carbons (Fsp3) is 0.200. The van der Waals surface area contributed by atoms with E-state index in [0.29, 0.717) is 9.93 Å². The van der Waals surface area contributed by atoms with Gasteiger partial charge in [0.1, 0.15) is 5.82 Å². The van der Waals surface area contributed by atoms with Crippen LogP contribution >= 0.6 is 23.4 Å². The Morgan fingerprint density at radius 1 is 0.963 bits per heavy atom. The smallest absolute Gasteiger partial charge is 0.286 e. The predicted octanol–water partition coefficient (Wildman–Crippen LogP) is 4.27. The number of amides is 1. The summed E-state index contributed by atoms with van der Waals surface area (Å²) >= 11 is 7.31. The standard InChI is InChI=1S/C20H17ClFN3OS/c21-15-3-1-14(2-4-15)13-18-19(26)23-20(27-18)25-11-9-24(10-12-25)17-7-5-16(22)6-8-17/h1-8,13H,9-12H2/b18-13+. The zero-order valence-corrected chi connectivity index (χ0v) is 16.0. The first-order valence-electron chi connectivity index (χ1n) is 8.62. The second-order valence-corrected chi connectivity index (χ2v) is 7.76. The molecule has 0 bridgehead atoms. The van der Waals surface area contributed by atoms with Crippen molar-refractivity contribution >= 4 is 46.2 Å². The molecular formula is C20H17ClFN3OS. The average Bonchev–Trinajstić information content (AvgIpc) is 3.05. The molecule has 2 aromatic rings. The number of benzene rings is 2. The van der Waals surface area contributed by atoms with Gasteiger partial charge >= 0.3 is 0 Å². The molecule has 27 heavy (non-hydrogen) atoms. The van der Waals surface area contributed by atoms with Gasteiger partial charge in [0.05, 0.1) is 4.91 Å². The molecule has 0 radical (unpaired) electrons. The normalized spacial score (nSPS) is 19.0. The number of carbonyl (C=O) groups is 1. The molecule has 4 nitrogen and oxygen atoms in total. The van der Waals surface area contributed by atoms with Crippen molar-refractivity contribution in [3.8, 4) is 0 Å². The number of amidine groups is 1. The van der Waals surface area contributed by atoms with Crippen molar-refractivity contribution in [3.05, 3.63) is 69.8 Å². The average molecular weight is 402 g/mol. The lowest BCUT2D eigenvalue weighted by molar-refractivity contribution is -0.113. The molecule has 0 atom stereocenters. The van der Waals surface area contributed by atoms with E-state index in [2.05, 4.69) is 14.8 Å². The van der Waals surface area contributed by atoms with Crippen LogP contribution in [0.1, 0.15) is 5.56 Å². The van der Waals surface area contributed by atoms with Crippen LogP contribution in [0.4, 0.5) is 10.1 Å². The molecule has 2 heterocycles. The molecule has 0 aromatic heterocycles. The number of rotatable bonds is 2. The molecule has 1 saturated heterocycles. The maximum absolute atomic E-state index is 13.1. The fourth-order valence-corrected chi connectivity index (χ4v) is 4.14. The maximum atomic E-state index is 13.1. The molecule has 1 fully saturated rings. The first-order valence-corrected chi connectivity index (χ1v) is 9.81. The van der Waals surface area contributed by atoms with Crippen molar-refractivity contribution in [2.75, 3.05) is 31.1 Å². The van der Waals surface area contributed by atoms with Crippen molar-refractivity contribution in [2.24, 2.45) is 4.99 Å². The van der Waals surface area contributed by atoms with E-state index in [4.69, 9.17) is 11.6 Å². The molecule has 138 valence electrons. The second kappa shape index (κ2) is 7.74. The summed E-state index contributed by atoms with van der Waals surface area (Å²) in [5.74, 6) is -0.432.